The van der Waals surface area contributed by atoms with Crippen LogP contribution < -0.4 is 5.73 Å². The maximum absolute atomic E-state index is 9.58. The molecule has 1 rings (SSSR count). The smallest absolute Gasteiger partial charge is 0.241 e. The Labute approximate surface area is 96.7 Å². The van der Waals surface area contributed by atoms with Crippen molar-refractivity contribution in [1.29, 1.82) is 5.41 Å². The van der Waals surface area contributed by atoms with E-state index in [9.17, 15) is 4.79 Å². The van der Waals surface area contributed by atoms with Crippen molar-refractivity contribution in [3.05, 3.63) is 35.9 Å². The quantitative estimate of drug-likeness (QED) is 0.713. The molecule has 4 heteroatoms. The van der Waals surface area contributed by atoms with Crippen LogP contribution in [0.25, 0.3) is 0 Å². The topological polar surface area (TPSA) is 79.3 Å². The monoisotopic (exact) mass is 221 g/mol. The Kier molecular flexibility index (Phi) is 11.7. The standard InChI is InChI=1S/C8H11N.C3H5NO.CH3N/c1-7(9)8-5-3-2-4-6-8;1-3(5)4-2;1-2/h2-7H,9H2,1H3;2H2,1H3;2H,1H2. The second-order valence-electron chi connectivity index (χ2n) is 2.88. The summed E-state index contributed by atoms with van der Waals surface area (Å²) in [6, 6.07) is 10.2. The number of aliphatic imine (C=N–C) groups is 1. The molecule has 16 heavy (non-hydrogen) atoms. The number of nitrogens with zero attached hydrogens (tertiary/aromatic N) is 1. The molecule has 0 spiro atoms. The second kappa shape index (κ2) is 11.3. The highest BCUT2D eigenvalue weighted by Crippen LogP contribution is 2.06. The Bertz CT molecular complexity index is 296. The molecule has 0 bridgehead atoms. The van der Waals surface area contributed by atoms with Crippen LogP contribution in [0.15, 0.2) is 35.3 Å². The number of hydrogen-bond acceptors (Lipinski definition) is 3. The predicted molar refractivity (Wildman–Crippen MR) is 69.1 cm³/mol. The number of nitrogens with one attached hydrogen (secondary N) is 1. The largest absolute Gasteiger partial charge is 0.324 e. The lowest BCUT2D eigenvalue weighted by Gasteiger charge is -2.02. The first-order valence-corrected chi connectivity index (χ1v) is 4.71. The molecule has 0 fully saturated rings. The normalized spacial score (nSPS) is 9.69. The summed E-state index contributed by atoms with van der Waals surface area (Å²) in [5.74, 6) is -0.231. The van der Waals surface area contributed by atoms with Gasteiger partial charge in [0.05, 0.1) is 0 Å². The van der Waals surface area contributed by atoms with Gasteiger partial charge < -0.3 is 11.1 Å². The van der Waals surface area contributed by atoms with Crippen molar-refractivity contribution in [2.24, 2.45) is 10.7 Å². The highest BCUT2D eigenvalue weighted by molar-refractivity contribution is 5.77. The molecule has 1 unspecified atom stereocenters. The third kappa shape index (κ3) is 10.3. The minimum atomic E-state index is -0.231. The van der Waals surface area contributed by atoms with Crippen LogP contribution in [0, 0.1) is 5.41 Å². The van der Waals surface area contributed by atoms with Gasteiger partial charge in [-0.05, 0) is 25.9 Å². The van der Waals surface area contributed by atoms with Crippen molar-refractivity contribution in [3.63, 3.8) is 0 Å². The van der Waals surface area contributed by atoms with Crippen LogP contribution in [0.1, 0.15) is 25.5 Å². The molecule has 1 amide bonds. The Morgan fingerprint density at radius 2 is 1.75 bits per heavy atom. The summed E-state index contributed by atoms with van der Waals surface area (Å²) < 4.78 is 0. The molecule has 1 atom stereocenters. The number of carbonyl (C=O) groups is 1. The SMILES string of the molecule is C=N.C=NC(C)=O.CC(N)c1ccccc1. The van der Waals surface area contributed by atoms with E-state index >= 15 is 0 Å². The van der Waals surface area contributed by atoms with Crippen molar-refractivity contribution >= 4 is 19.3 Å². The Balaban J connectivity index is 0. The summed E-state index contributed by atoms with van der Waals surface area (Å²) in [7, 11) is 0. The maximum Gasteiger partial charge on any atom is 0.241 e. The van der Waals surface area contributed by atoms with Gasteiger partial charge in [0.1, 0.15) is 0 Å². The minimum Gasteiger partial charge on any atom is -0.324 e. The molecule has 1 aromatic carbocycles. The fourth-order valence-corrected chi connectivity index (χ4v) is 0.757. The van der Waals surface area contributed by atoms with Gasteiger partial charge in [0.25, 0.3) is 0 Å². The number of amides is 1. The average Bonchev–Trinajstić information content (AvgIpc) is 2.33. The van der Waals surface area contributed by atoms with Crippen LogP contribution in [0.4, 0.5) is 0 Å². The molecule has 3 N–H and O–H groups in total. The van der Waals surface area contributed by atoms with Gasteiger partial charge in [0, 0.05) is 13.0 Å². The van der Waals surface area contributed by atoms with Gasteiger partial charge in [0.15, 0.2) is 0 Å². The van der Waals surface area contributed by atoms with Crippen molar-refractivity contribution in [2.75, 3.05) is 0 Å². The zero-order valence-corrected chi connectivity index (χ0v) is 9.81. The molecular weight excluding hydrogens is 202 g/mol. The molecule has 0 aliphatic rings. The first-order chi connectivity index (χ1) is 7.57. The second-order valence-corrected chi connectivity index (χ2v) is 2.88. The van der Waals surface area contributed by atoms with Gasteiger partial charge in [-0.25, -0.2) is 4.99 Å². The van der Waals surface area contributed by atoms with Gasteiger partial charge in [0.2, 0.25) is 5.91 Å². The van der Waals surface area contributed by atoms with Gasteiger partial charge in [-0.2, -0.15) is 0 Å². The average molecular weight is 221 g/mol. The lowest BCUT2D eigenvalue weighted by atomic mass is 10.1. The molecule has 0 saturated heterocycles. The van der Waals surface area contributed by atoms with Crippen molar-refractivity contribution in [1.82, 2.24) is 0 Å². The first-order valence-electron chi connectivity index (χ1n) is 4.71. The highest BCUT2D eigenvalue weighted by Gasteiger charge is 1.93. The van der Waals surface area contributed by atoms with Crippen LogP contribution >= 0.6 is 0 Å². The summed E-state index contributed by atoms with van der Waals surface area (Å²) in [6.07, 6.45) is 0. The fraction of sp³-hybridized carbons (Fsp3) is 0.250. The van der Waals surface area contributed by atoms with Crippen molar-refractivity contribution in [3.8, 4) is 0 Å². The number of carbonyl (C=O) groups excluding carboxylic acids is 1. The Hall–Kier alpha value is -1.81. The molecule has 0 aromatic heterocycles. The van der Waals surface area contributed by atoms with Crippen LogP contribution in [0.5, 0.6) is 0 Å². The van der Waals surface area contributed by atoms with Crippen molar-refractivity contribution < 1.29 is 4.79 Å². The van der Waals surface area contributed by atoms with Crippen molar-refractivity contribution in [2.45, 2.75) is 19.9 Å². The van der Waals surface area contributed by atoms with Gasteiger partial charge in [-0.1, -0.05) is 30.3 Å². The molecule has 0 aliphatic carbocycles. The summed E-state index contributed by atoms with van der Waals surface area (Å²) in [5.41, 5.74) is 6.81. The Morgan fingerprint density at radius 3 is 1.94 bits per heavy atom. The number of rotatable bonds is 1. The van der Waals surface area contributed by atoms with Gasteiger partial charge in [-0.15, -0.1) is 0 Å². The first kappa shape index (κ1) is 16.6. The van der Waals surface area contributed by atoms with Gasteiger partial charge in [-0.3, -0.25) is 4.79 Å². The van der Waals surface area contributed by atoms with E-state index in [-0.39, 0.29) is 11.9 Å². The lowest BCUT2D eigenvalue weighted by Crippen LogP contribution is -2.03. The lowest BCUT2D eigenvalue weighted by molar-refractivity contribution is -0.115. The van der Waals surface area contributed by atoms with Crippen LogP contribution in [-0.4, -0.2) is 19.3 Å². The molecular formula is C12H19N3O. The molecule has 0 heterocycles. The number of nitrogens with two attached hydrogens (primary N) is 1. The summed E-state index contributed by atoms with van der Waals surface area (Å²) in [6.45, 7) is 8.80. The summed E-state index contributed by atoms with van der Waals surface area (Å²) in [4.78, 5) is 12.6. The molecule has 4 nitrogen and oxygen atoms in total. The fourth-order valence-electron chi connectivity index (χ4n) is 0.757. The van der Waals surface area contributed by atoms with Crippen LogP contribution in [0.2, 0.25) is 0 Å². The summed E-state index contributed by atoms with van der Waals surface area (Å²) >= 11 is 0. The molecule has 0 aliphatic heterocycles. The number of hydrogen-bond donors (Lipinski definition) is 2. The zero-order chi connectivity index (χ0) is 13.0. The molecule has 0 radical (unpaired) electrons. The third-order valence-electron chi connectivity index (χ3n) is 1.55. The predicted octanol–water partition coefficient (Wildman–Crippen LogP) is 2.21. The van der Waals surface area contributed by atoms with Crippen LogP contribution in [-0.2, 0) is 4.79 Å². The van der Waals surface area contributed by atoms with E-state index < -0.39 is 0 Å². The van der Waals surface area contributed by atoms with E-state index in [0.717, 1.165) is 0 Å². The molecule has 0 saturated carbocycles. The molecule has 88 valence electrons. The van der Waals surface area contributed by atoms with E-state index in [4.69, 9.17) is 11.1 Å². The summed E-state index contributed by atoms with van der Waals surface area (Å²) in [5, 5.41) is 5.50. The van der Waals surface area contributed by atoms with E-state index in [1.165, 1.54) is 12.5 Å². The maximum atomic E-state index is 9.58. The number of benzene rings is 1. The van der Waals surface area contributed by atoms with E-state index in [0.29, 0.717) is 0 Å². The van der Waals surface area contributed by atoms with E-state index in [1.807, 2.05) is 37.3 Å². The van der Waals surface area contributed by atoms with E-state index in [1.54, 1.807) is 0 Å². The van der Waals surface area contributed by atoms with Gasteiger partial charge >= 0.3 is 0 Å². The minimum absolute atomic E-state index is 0.159. The van der Waals surface area contributed by atoms with Crippen LogP contribution in [0.3, 0.4) is 0 Å². The Morgan fingerprint density at radius 1 is 1.38 bits per heavy atom. The molecule has 1 aromatic rings. The zero-order valence-electron chi connectivity index (χ0n) is 9.81. The third-order valence-corrected chi connectivity index (χ3v) is 1.55. The highest BCUT2D eigenvalue weighted by atomic mass is 16.1. The van der Waals surface area contributed by atoms with E-state index in [2.05, 4.69) is 18.4 Å².